The quantitative estimate of drug-likeness (QED) is 0.0513. The van der Waals surface area contributed by atoms with E-state index in [0.29, 0.717) is 13.0 Å². The first kappa shape index (κ1) is 34.3. The van der Waals surface area contributed by atoms with Crippen LogP contribution in [0.25, 0.3) is 0 Å². The van der Waals surface area contributed by atoms with E-state index in [2.05, 4.69) is 43.7 Å². The third kappa shape index (κ3) is 19.0. The highest BCUT2D eigenvalue weighted by Crippen LogP contribution is 2.43. The Morgan fingerprint density at radius 1 is 0.784 bits per heavy atom. The van der Waals surface area contributed by atoms with E-state index < -0.39 is 7.82 Å². The van der Waals surface area contributed by atoms with Gasteiger partial charge in [-0.1, -0.05) is 103 Å². The molecule has 0 saturated heterocycles. The monoisotopic (exact) mass is 540 g/mol. The Balaban J connectivity index is 1.83. The van der Waals surface area contributed by atoms with Crippen molar-refractivity contribution < 1.29 is 23.1 Å². The van der Waals surface area contributed by atoms with E-state index in [-0.39, 0.29) is 6.61 Å². The summed E-state index contributed by atoms with van der Waals surface area (Å²) in [6, 6.07) is 0. The van der Waals surface area contributed by atoms with E-state index in [1.165, 1.54) is 114 Å². The molecule has 0 amide bonds. The van der Waals surface area contributed by atoms with Gasteiger partial charge in [-0.15, -0.1) is 0 Å². The first-order valence-electron chi connectivity index (χ1n) is 15.6. The number of phosphoric acid groups is 1. The van der Waals surface area contributed by atoms with E-state index in [9.17, 15) is 9.46 Å². The van der Waals surface area contributed by atoms with Gasteiger partial charge in [0.2, 0.25) is 0 Å². The van der Waals surface area contributed by atoms with Crippen molar-refractivity contribution in [1.29, 1.82) is 0 Å². The maximum atomic E-state index is 12.1. The lowest BCUT2D eigenvalue weighted by Crippen LogP contribution is -2.05. The van der Waals surface area contributed by atoms with Crippen molar-refractivity contribution in [2.24, 2.45) is 0 Å². The molecule has 0 saturated carbocycles. The molecule has 1 heterocycles. The zero-order valence-electron chi connectivity index (χ0n) is 24.6. The van der Waals surface area contributed by atoms with Crippen LogP contribution in [0.1, 0.15) is 149 Å². The molecule has 1 aliphatic rings. The third-order valence-electron chi connectivity index (χ3n) is 7.41. The second-order valence-electron chi connectivity index (χ2n) is 10.6. The molecule has 1 aliphatic heterocycles. The lowest BCUT2D eigenvalue weighted by molar-refractivity contribution is -0.465. The summed E-state index contributed by atoms with van der Waals surface area (Å²) >= 11 is 0. The maximum Gasteiger partial charge on any atom is 0.472 e. The van der Waals surface area contributed by atoms with E-state index in [1.807, 2.05) is 0 Å². The second kappa shape index (κ2) is 23.2. The summed E-state index contributed by atoms with van der Waals surface area (Å²) in [5, 5.41) is 0. The Bertz CT molecular complexity index is 701. The van der Waals surface area contributed by atoms with Crippen LogP contribution in [0.5, 0.6) is 0 Å². The first-order valence-corrected chi connectivity index (χ1v) is 17.0. The number of unbranched alkanes of at least 4 members (excludes halogenated alkanes) is 16. The molecule has 6 heteroatoms. The predicted molar refractivity (Wildman–Crippen MR) is 158 cm³/mol. The van der Waals surface area contributed by atoms with Gasteiger partial charge in [0, 0.05) is 12.5 Å². The fourth-order valence-corrected chi connectivity index (χ4v) is 5.67. The van der Waals surface area contributed by atoms with Gasteiger partial charge in [0.1, 0.15) is 12.8 Å². The minimum Gasteiger partial charge on any atom is -0.302 e. The molecule has 0 radical (unpaired) electrons. The van der Waals surface area contributed by atoms with E-state index in [4.69, 9.17) is 9.05 Å². The normalized spacial score (nSPS) is 15.6. The fraction of sp³-hybridized carbons (Fsp3) is 0.839. The van der Waals surface area contributed by atoms with Gasteiger partial charge in [-0.05, 0) is 45.4 Å². The van der Waals surface area contributed by atoms with Crippen molar-refractivity contribution in [3.8, 4) is 0 Å². The van der Waals surface area contributed by atoms with Crippen LogP contribution in [0.3, 0.4) is 0 Å². The van der Waals surface area contributed by atoms with Gasteiger partial charge in [-0.25, -0.2) is 9.14 Å². The van der Waals surface area contributed by atoms with Crippen molar-refractivity contribution in [1.82, 2.24) is 0 Å². The number of nitrogens with zero attached hydrogens (tertiary/aromatic N) is 1. The highest BCUT2D eigenvalue weighted by atomic mass is 31.2. The zero-order chi connectivity index (χ0) is 27.0. The number of phosphoric ester groups is 1. The Hall–Kier alpha value is -0.740. The Labute approximate surface area is 229 Å². The molecule has 0 aromatic carbocycles. The van der Waals surface area contributed by atoms with Crippen molar-refractivity contribution in [3.05, 3.63) is 23.4 Å². The van der Waals surface area contributed by atoms with Crippen LogP contribution in [-0.4, -0.2) is 35.4 Å². The summed E-state index contributed by atoms with van der Waals surface area (Å²) in [5.41, 5.74) is 2.51. The molecule has 216 valence electrons. The van der Waals surface area contributed by atoms with Gasteiger partial charge >= 0.3 is 7.82 Å². The maximum absolute atomic E-state index is 12.1. The summed E-state index contributed by atoms with van der Waals surface area (Å²) < 4.78 is 24.6. The number of allylic oxidation sites excluding steroid dienone is 3. The number of rotatable bonds is 26. The molecular formula is C31H59NO4P+. The summed E-state index contributed by atoms with van der Waals surface area (Å²) in [5.74, 6) is 0. The first-order chi connectivity index (χ1) is 18.0. The van der Waals surface area contributed by atoms with Gasteiger partial charge in [0.25, 0.3) is 0 Å². The molecule has 0 fully saturated rings. The van der Waals surface area contributed by atoms with Crippen LogP contribution in [0.2, 0.25) is 0 Å². The summed E-state index contributed by atoms with van der Waals surface area (Å²) in [6.45, 7) is 7.96. The summed E-state index contributed by atoms with van der Waals surface area (Å²) in [6.07, 6.45) is 31.6. The van der Waals surface area contributed by atoms with E-state index >= 15 is 0 Å². The van der Waals surface area contributed by atoms with E-state index in [0.717, 1.165) is 25.8 Å². The third-order valence-corrected chi connectivity index (χ3v) is 8.43. The average molecular weight is 541 g/mol. The minimum atomic E-state index is -3.94. The highest BCUT2D eigenvalue weighted by molar-refractivity contribution is 7.47. The Morgan fingerprint density at radius 2 is 1.27 bits per heavy atom. The van der Waals surface area contributed by atoms with Crippen LogP contribution >= 0.6 is 7.82 Å². The molecule has 37 heavy (non-hydrogen) atoms. The average Bonchev–Trinajstić information content (AvgIpc) is 3.24. The SMILES string of the molecule is CCCCCCCC/C=C\CCCCCCCCCCCCOP(=O)(O)OCCC1=C(C)[N+](CC)=CC1. The zero-order valence-corrected chi connectivity index (χ0v) is 25.5. The van der Waals surface area contributed by atoms with Crippen LogP contribution in [0.15, 0.2) is 23.4 Å². The molecule has 1 N–H and O–H groups in total. The van der Waals surface area contributed by atoms with Gasteiger partial charge < -0.3 is 4.89 Å². The molecule has 0 aromatic rings. The molecular weight excluding hydrogens is 481 g/mol. The molecule has 1 atom stereocenters. The molecule has 0 aromatic heterocycles. The van der Waals surface area contributed by atoms with Crippen molar-refractivity contribution in [2.45, 2.75) is 149 Å². The minimum absolute atomic E-state index is 0.224. The van der Waals surface area contributed by atoms with E-state index in [1.54, 1.807) is 0 Å². The number of hydrogen-bond acceptors (Lipinski definition) is 3. The fourth-order valence-electron chi connectivity index (χ4n) is 4.92. The van der Waals surface area contributed by atoms with Crippen LogP contribution in [0.4, 0.5) is 0 Å². The van der Waals surface area contributed by atoms with Gasteiger partial charge in [0.05, 0.1) is 19.6 Å². The van der Waals surface area contributed by atoms with Gasteiger partial charge in [-0.2, -0.15) is 0 Å². The predicted octanol–water partition coefficient (Wildman–Crippen LogP) is 9.89. The lowest BCUT2D eigenvalue weighted by atomic mass is 10.1. The Kier molecular flexibility index (Phi) is 21.5. The summed E-state index contributed by atoms with van der Waals surface area (Å²) in [4.78, 5) is 9.88. The molecule has 1 unspecified atom stereocenters. The van der Waals surface area contributed by atoms with Crippen LogP contribution in [-0.2, 0) is 13.6 Å². The number of hydrogen-bond donors (Lipinski definition) is 1. The smallest absolute Gasteiger partial charge is 0.302 e. The molecule has 0 aliphatic carbocycles. The molecule has 1 rings (SSSR count). The van der Waals surface area contributed by atoms with Crippen molar-refractivity contribution >= 4 is 14.0 Å². The summed E-state index contributed by atoms with van der Waals surface area (Å²) in [7, 11) is -3.94. The topological polar surface area (TPSA) is 58.8 Å². The standard InChI is InChI=1S/C31H58NO4P/c1-4-6-7-8-9-10-11-12-13-14-15-16-17-18-19-20-21-22-23-24-28-35-37(33,34)36-29-26-31-25-27-32(5-2)30(31)3/h12-13,27H,4-11,14-26,28-29H2,1-3H3/p+1/b13-12-. The van der Waals surface area contributed by atoms with Crippen molar-refractivity contribution in [3.63, 3.8) is 0 Å². The largest absolute Gasteiger partial charge is 0.472 e. The molecule has 0 bridgehead atoms. The molecule has 5 nitrogen and oxygen atoms in total. The van der Waals surface area contributed by atoms with Crippen molar-refractivity contribution in [2.75, 3.05) is 19.8 Å². The highest BCUT2D eigenvalue weighted by Gasteiger charge is 2.23. The van der Waals surface area contributed by atoms with Gasteiger partial charge in [-0.3, -0.25) is 9.05 Å². The second-order valence-corrected chi connectivity index (χ2v) is 12.1. The lowest BCUT2D eigenvalue weighted by Gasteiger charge is -2.12. The van der Waals surface area contributed by atoms with Crippen LogP contribution in [0, 0.1) is 0 Å². The molecule has 0 spiro atoms. The van der Waals surface area contributed by atoms with Gasteiger partial charge in [0.15, 0.2) is 5.70 Å². The van der Waals surface area contributed by atoms with Crippen LogP contribution < -0.4 is 0 Å². The Morgan fingerprint density at radius 3 is 1.78 bits per heavy atom.